The van der Waals surface area contributed by atoms with Crippen molar-refractivity contribution in [3.05, 3.63) is 29.3 Å². The molecule has 4 heteroatoms. The van der Waals surface area contributed by atoms with Gasteiger partial charge in [0.1, 0.15) is 0 Å². The molecular formula is C12H12F2N2. The van der Waals surface area contributed by atoms with E-state index in [1.807, 2.05) is 11.0 Å². The molecule has 0 amide bonds. The number of nitriles is 1. The average Bonchev–Trinajstić information content (AvgIpc) is 2.76. The lowest BCUT2D eigenvalue weighted by Gasteiger charge is -2.20. The molecule has 1 saturated heterocycles. The zero-order valence-electron chi connectivity index (χ0n) is 8.84. The number of hydrogen-bond acceptors (Lipinski definition) is 2. The smallest absolute Gasteiger partial charge is 0.160 e. The van der Waals surface area contributed by atoms with E-state index in [-0.39, 0.29) is 6.42 Å². The normalized spacial score (nSPS) is 15.2. The molecule has 0 aromatic heterocycles. The van der Waals surface area contributed by atoms with E-state index in [2.05, 4.69) is 0 Å². The molecule has 0 N–H and O–H groups in total. The van der Waals surface area contributed by atoms with Gasteiger partial charge in [-0.2, -0.15) is 5.26 Å². The van der Waals surface area contributed by atoms with E-state index in [1.54, 1.807) is 0 Å². The molecule has 1 aliphatic heterocycles. The van der Waals surface area contributed by atoms with Crippen LogP contribution in [0.25, 0.3) is 0 Å². The van der Waals surface area contributed by atoms with Crippen molar-refractivity contribution in [2.24, 2.45) is 0 Å². The van der Waals surface area contributed by atoms with Gasteiger partial charge in [0.2, 0.25) is 0 Å². The van der Waals surface area contributed by atoms with Crippen LogP contribution in [0.4, 0.5) is 14.5 Å². The van der Waals surface area contributed by atoms with Crippen LogP contribution < -0.4 is 4.90 Å². The fourth-order valence-corrected chi connectivity index (χ4v) is 2.06. The van der Waals surface area contributed by atoms with Gasteiger partial charge in [0, 0.05) is 24.8 Å². The summed E-state index contributed by atoms with van der Waals surface area (Å²) in [6, 6.07) is 4.31. The summed E-state index contributed by atoms with van der Waals surface area (Å²) in [5, 5.41) is 8.66. The van der Waals surface area contributed by atoms with E-state index >= 15 is 0 Å². The SMILES string of the molecule is N#CCc1cc(F)c(F)cc1N1CCCC1. The number of anilines is 1. The summed E-state index contributed by atoms with van der Waals surface area (Å²) < 4.78 is 26.2. The summed E-state index contributed by atoms with van der Waals surface area (Å²) in [5.41, 5.74) is 1.24. The van der Waals surface area contributed by atoms with Crippen LogP contribution >= 0.6 is 0 Å². The molecule has 0 bridgehead atoms. The van der Waals surface area contributed by atoms with Crippen molar-refractivity contribution in [2.75, 3.05) is 18.0 Å². The van der Waals surface area contributed by atoms with Gasteiger partial charge in [-0.15, -0.1) is 0 Å². The van der Waals surface area contributed by atoms with Gasteiger partial charge < -0.3 is 4.90 Å². The maximum atomic E-state index is 13.2. The Kier molecular flexibility index (Phi) is 3.04. The molecule has 2 rings (SSSR count). The molecule has 0 aliphatic carbocycles. The fraction of sp³-hybridized carbons (Fsp3) is 0.417. The minimum Gasteiger partial charge on any atom is -0.371 e. The lowest BCUT2D eigenvalue weighted by Crippen LogP contribution is -2.19. The third-order valence-corrected chi connectivity index (χ3v) is 2.84. The highest BCUT2D eigenvalue weighted by molar-refractivity contribution is 5.55. The number of nitrogens with zero attached hydrogens (tertiary/aromatic N) is 2. The minimum absolute atomic E-state index is 0.114. The lowest BCUT2D eigenvalue weighted by molar-refractivity contribution is 0.507. The average molecular weight is 222 g/mol. The Labute approximate surface area is 93.1 Å². The van der Waals surface area contributed by atoms with Gasteiger partial charge in [0.15, 0.2) is 11.6 Å². The van der Waals surface area contributed by atoms with Gasteiger partial charge >= 0.3 is 0 Å². The Hall–Kier alpha value is -1.63. The summed E-state index contributed by atoms with van der Waals surface area (Å²) in [6.45, 7) is 1.70. The van der Waals surface area contributed by atoms with Gasteiger partial charge in [-0.1, -0.05) is 0 Å². The molecule has 0 atom stereocenters. The molecule has 1 aromatic rings. The topological polar surface area (TPSA) is 27.0 Å². The van der Waals surface area contributed by atoms with Crippen LogP contribution in [0.15, 0.2) is 12.1 Å². The van der Waals surface area contributed by atoms with E-state index in [9.17, 15) is 8.78 Å². The number of benzene rings is 1. The van der Waals surface area contributed by atoms with E-state index < -0.39 is 11.6 Å². The number of halogens is 2. The van der Waals surface area contributed by atoms with Crippen molar-refractivity contribution in [3.63, 3.8) is 0 Å². The molecule has 0 saturated carbocycles. The third-order valence-electron chi connectivity index (χ3n) is 2.84. The largest absolute Gasteiger partial charge is 0.371 e. The van der Waals surface area contributed by atoms with Crippen LogP contribution in [0.2, 0.25) is 0 Å². The quantitative estimate of drug-likeness (QED) is 0.769. The third kappa shape index (κ3) is 1.99. The van der Waals surface area contributed by atoms with Crippen LogP contribution in [-0.4, -0.2) is 13.1 Å². The summed E-state index contributed by atoms with van der Waals surface area (Å²) in [6.07, 6.45) is 2.24. The highest BCUT2D eigenvalue weighted by Gasteiger charge is 2.18. The molecule has 1 fully saturated rings. The van der Waals surface area contributed by atoms with Crippen molar-refractivity contribution in [2.45, 2.75) is 19.3 Å². The Morgan fingerprint density at radius 2 is 1.81 bits per heavy atom. The fourth-order valence-electron chi connectivity index (χ4n) is 2.06. The van der Waals surface area contributed by atoms with Gasteiger partial charge in [-0.3, -0.25) is 0 Å². The predicted octanol–water partition coefficient (Wildman–Crippen LogP) is 2.63. The van der Waals surface area contributed by atoms with Gasteiger partial charge in [0.25, 0.3) is 0 Å². The Morgan fingerprint density at radius 3 is 2.44 bits per heavy atom. The molecular weight excluding hydrogens is 210 g/mol. The molecule has 0 spiro atoms. The zero-order valence-corrected chi connectivity index (χ0v) is 8.84. The molecule has 0 unspecified atom stereocenters. The molecule has 16 heavy (non-hydrogen) atoms. The second kappa shape index (κ2) is 4.48. The van der Waals surface area contributed by atoms with Gasteiger partial charge in [-0.05, 0) is 24.5 Å². The zero-order chi connectivity index (χ0) is 11.5. The van der Waals surface area contributed by atoms with Crippen molar-refractivity contribution >= 4 is 5.69 Å². The van der Waals surface area contributed by atoms with Crippen molar-refractivity contribution in [1.82, 2.24) is 0 Å². The van der Waals surface area contributed by atoms with E-state index in [0.29, 0.717) is 11.3 Å². The highest BCUT2D eigenvalue weighted by Crippen LogP contribution is 2.27. The first-order valence-corrected chi connectivity index (χ1v) is 5.32. The minimum atomic E-state index is -0.881. The van der Waals surface area contributed by atoms with Gasteiger partial charge in [0.05, 0.1) is 12.5 Å². The molecule has 1 aromatic carbocycles. The predicted molar refractivity (Wildman–Crippen MR) is 57.1 cm³/mol. The summed E-state index contributed by atoms with van der Waals surface area (Å²) in [7, 11) is 0. The van der Waals surface area contributed by atoms with E-state index in [0.717, 1.165) is 32.0 Å². The van der Waals surface area contributed by atoms with Gasteiger partial charge in [-0.25, -0.2) is 8.78 Å². The van der Waals surface area contributed by atoms with E-state index in [4.69, 9.17) is 5.26 Å². The monoisotopic (exact) mass is 222 g/mol. The molecule has 0 radical (unpaired) electrons. The first-order valence-electron chi connectivity index (χ1n) is 5.32. The van der Waals surface area contributed by atoms with Crippen LogP contribution in [0, 0.1) is 23.0 Å². The standard InChI is InChI=1S/C12H12F2N2/c13-10-7-9(3-4-15)12(8-11(10)14)16-5-1-2-6-16/h7-8H,1-3,5-6H2. The van der Waals surface area contributed by atoms with E-state index in [1.165, 1.54) is 6.07 Å². The van der Waals surface area contributed by atoms with Crippen molar-refractivity contribution < 1.29 is 8.78 Å². The van der Waals surface area contributed by atoms with Crippen LogP contribution in [0.1, 0.15) is 18.4 Å². The Morgan fingerprint density at radius 1 is 1.19 bits per heavy atom. The lowest BCUT2D eigenvalue weighted by atomic mass is 10.1. The molecule has 1 heterocycles. The maximum absolute atomic E-state index is 13.2. The Bertz CT molecular complexity index is 431. The highest BCUT2D eigenvalue weighted by atomic mass is 19.2. The van der Waals surface area contributed by atoms with Crippen LogP contribution in [0.3, 0.4) is 0 Å². The van der Waals surface area contributed by atoms with Crippen LogP contribution in [-0.2, 0) is 6.42 Å². The van der Waals surface area contributed by atoms with Crippen LogP contribution in [0.5, 0.6) is 0 Å². The second-order valence-corrected chi connectivity index (χ2v) is 3.92. The maximum Gasteiger partial charge on any atom is 0.160 e. The number of rotatable bonds is 2. The summed E-state index contributed by atoms with van der Waals surface area (Å²) in [5.74, 6) is -1.73. The first-order chi connectivity index (χ1) is 7.72. The molecule has 84 valence electrons. The first kappa shape index (κ1) is 10.9. The summed E-state index contributed by atoms with van der Waals surface area (Å²) >= 11 is 0. The Balaban J connectivity index is 2.40. The molecule has 1 aliphatic rings. The molecule has 2 nitrogen and oxygen atoms in total. The number of hydrogen-bond donors (Lipinski definition) is 0. The van der Waals surface area contributed by atoms with Crippen molar-refractivity contribution in [1.29, 1.82) is 5.26 Å². The summed E-state index contributed by atoms with van der Waals surface area (Å²) in [4.78, 5) is 2.01. The van der Waals surface area contributed by atoms with Crippen molar-refractivity contribution in [3.8, 4) is 6.07 Å². The second-order valence-electron chi connectivity index (χ2n) is 3.92.